The lowest BCUT2D eigenvalue weighted by atomic mass is 9.81. The van der Waals surface area contributed by atoms with Gasteiger partial charge < -0.3 is 24.0 Å². The average Bonchev–Trinajstić information content (AvgIpc) is 3.00. The zero-order chi connectivity index (χ0) is 28.1. The Morgan fingerprint density at radius 3 is 2.02 bits per heavy atom. The van der Waals surface area contributed by atoms with Crippen molar-refractivity contribution in [2.45, 2.75) is 37.6 Å². The smallest absolute Gasteiger partial charge is 0.227 e. The maximum absolute atomic E-state index is 13.4. The van der Waals surface area contributed by atoms with E-state index < -0.39 is 0 Å². The first-order valence-corrected chi connectivity index (χ1v) is 14.0. The summed E-state index contributed by atoms with van der Waals surface area (Å²) in [4.78, 5) is 30.8. The molecule has 0 unspecified atom stereocenters. The van der Waals surface area contributed by atoms with E-state index in [4.69, 9.17) is 14.2 Å². The Balaban J connectivity index is 1.30. The van der Waals surface area contributed by atoms with Gasteiger partial charge in [0.25, 0.3) is 0 Å². The van der Waals surface area contributed by atoms with Crippen molar-refractivity contribution in [3.8, 4) is 17.2 Å². The molecule has 0 N–H and O–H groups in total. The fraction of sp³-hybridized carbons (Fsp3) is 0.394. The molecule has 40 heavy (non-hydrogen) atoms. The number of hydrogen-bond acceptors (Lipinski definition) is 5. The summed E-state index contributed by atoms with van der Waals surface area (Å²) in [5, 5.41) is 0. The van der Waals surface area contributed by atoms with Gasteiger partial charge in [0.2, 0.25) is 17.6 Å². The van der Waals surface area contributed by atoms with Crippen molar-refractivity contribution in [1.29, 1.82) is 0 Å². The summed E-state index contributed by atoms with van der Waals surface area (Å²) >= 11 is 0. The second kappa shape index (κ2) is 12.5. The van der Waals surface area contributed by atoms with Gasteiger partial charge in [0.05, 0.1) is 27.8 Å². The van der Waals surface area contributed by atoms with Gasteiger partial charge in [-0.25, -0.2) is 0 Å². The first kappa shape index (κ1) is 27.6. The second-order valence-electron chi connectivity index (χ2n) is 10.6. The number of carbonyl (C=O) groups is 2. The van der Waals surface area contributed by atoms with Crippen molar-refractivity contribution in [2.24, 2.45) is 5.92 Å². The van der Waals surface area contributed by atoms with Crippen LogP contribution in [0.25, 0.3) is 0 Å². The number of nitrogens with zero attached hydrogens (tertiary/aromatic N) is 2. The standard InChI is InChI=1S/C33H38N2O5/c1-38-29-18-23(19-30(39-2)33(29)40-3)20-32(37)34-17-16-28-26(21-34)14-15-31(36)35(28)22-27(24-10-6-4-7-11-24)25-12-8-5-9-13-25/h4-13,18-19,26-28H,14-17,20-22H2,1-3H3/t26-,28+/m0/s1. The molecule has 2 aliphatic heterocycles. The van der Waals surface area contributed by atoms with Crippen LogP contribution in [0.4, 0.5) is 0 Å². The summed E-state index contributed by atoms with van der Waals surface area (Å²) in [5.74, 6) is 2.25. The highest BCUT2D eigenvalue weighted by molar-refractivity contribution is 5.80. The first-order valence-electron chi connectivity index (χ1n) is 14.0. The minimum atomic E-state index is 0.0719. The van der Waals surface area contributed by atoms with Gasteiger partial charge in [-0.15, -0.1) is 0 Å². The van der Waals surface area contributed by atoms with Crippen molar-refractivity contribution in [2.75, 3.05) is 41.0 Å². The third-order valence-electron chi connectivity index (χ3n) is 8.36. The van der Waals surface area contributed by atoms with Gasteiger partial charge in [0.15, 0.2) is 11.5 Å². The molecule has 0 aliphatic carbocycles. The zero-order valence-electron chi connectivity index (χ0n) is 23.5. The van der Waals surface area contributed by atoms with Crippen LogP contribution in [0.15, 0.2) is 72.8 Å². The Labute approximate surface area is 236 Å². The molecule has 0 bridgehead atoms. The molecule has 2 amide bonds. The summed E-state index contributed by atoms with van der Waals surface area (Å²) in [6.07, 6.45) is 2.37. The minimum absolute atomic E-state index is 0.0719. The summed E-state index contributed by atoms with van der Waals surface area (Å²) in [6, 6.07) is 24.7. The normalized spacial score (nSPS) is 18.9. The fourth-order valence-electron chi connectivity index (χ4n) is 6.31. The van der Waals surface area contributed by atoms with Crippen LogP contribution in [0, 0.1) is 5.92 Å². The molecule has 3 aromatic carbocycles. The first-order chi connectivity index (χ1) is 19.5. The van der Waals surface area contributed by atoms with Crippen LogP contribution >= 0.6 is 0 Å². The third-order valence-corrected chi connectivity index (χ3v) is 8.36. The van der Waals surface area contributed by atoms with Gasteiger partial charge in [0, 0.05) is 38.0 Å². The zero-order valence-corrected chi connectivity index (χ0v) is 23.5. The van der Waals surface area contributed by atoms with Gasteiger partial charge in [-0.2, -0.15) is 0 Å². The van der Waals surface area contributed by atoms with Crippen molar-refractivity contribution in [3.63, 3.8) is 0 Å². The van der Waals surface area contributed by atoms with E-state index in [0.717, 1.165) is 18.4 Å². The number of fused-ring (bicyclic) bond motifs is 1. The quantitative estimate of drug-likeness (QED) is 0.384. The van der Waals surface area contributed by atoms with Crippen LogP contribution in [-0.2, 0) is 16.0 Å². The molecule has 2 aliphatic rings. The molecule has 2 atom stereocenters. The Hall–Kier alpha value is -4.00. The highest BCUT2D eigenvalue weighted by atomic mass is 16.5. The Morgan fingerprint density at radius 1 is 0.875 bits per heavy atom. The maximum Gasteiger partial charge on any atom is 0.227 e. The summed E-state index contributed by atoms with van der Waals surface area (Å²) < 4.78 is 16.4. The lowest BCUT2D eigenvalue weighted by Crippen LogP contribution is -2.57. The molecule has 2 heterocycles. The summed E-state index contributed by atoms with van der Waals surface area (Å²) in [5.41, 5.74) is 3.24. The van der Waals surface area contributed by atoms with Gasteiger partial charge in [-0.05, 0) is 47.6 Å². The number of likely N-dealkylation sites (tertiary alicyclic amines) is 2. The van der Waals surface area contributed by atoms with E-state index in [1.807, 2.05) is 29.2 Å². The van der Waals surface area contributed by atoms with E-state index in [1.165, 1.54) is 11.1 Å². The number of benzene rings is 3. The third kappa shape index (κ3) is 5.79. The number of ether oxygens (including phenoxy) is 3. The Bertz CT molecular complexity index is 1250. The lowest BCUT2D eigenvalue weighted by Gasteiger charge is -2.48. The Kier molecular flexibility index (Phi) is 8.58. The topological polar surface area (TPSA) is 68.3 Å². The monoisotopic (exact) mass is 542 g/mol. The molecule has 0 aromatic heterocycles. The van der Waals surface area contributed by atoms with Gasteiger partial charge in [-0.1, -0.05) is 60.7 Å². The number of amides is 2. The molecular weight excluding hydrogens is 504 g/mol. The van der Waals surface area contributed by atoms with E-state index in [2.05, 4.69) is 53.4 Å². The molecule has 210 valence electrons. The molecular formula is C33H38N2O5. The van der Waals surface area contributed by atoms with E-state index in [1.54, 1.807) is 21.3 Å². The molecule has 2 fully saturated rings. The van der Waals surface area contributed by atoms with Crippen molar-refractivity contribution in [3.05, 3.63) is 89.5 Å². The predicted molar refractivity (Wildman–Crippen MR) is 154 cm³/mol. The van der Waals surface area contributed by atoms with Crippen molar-refractivity contribution >= 4 is 11.8 Å². The largest absolute Gasteiger partial charge is 0.493 e. The molecule has 0 radical (unpaired) electrons. The number of carbonyl (C=O) groups excluding carboxylic acids is 2. The van der Waals surface area contributed by atoms with Crippen molar-refractivity contribution < 1.29 is 23.8 Å². The number of methoxy groups -OCH3 is 3. The number of piperidine rings is 2. The Morgan fingerprint density at radius 2 is 1.48 bits per heavy atom. The summed E-state index contributed by atoms with van der Waals surface area (Å²) in [6.45, 7) is 1.95. The van der Waals surface area contributed by atoms with E-state index >= 15 is 0 Å². The van der Waals surface area contributed by atoms with Gasteiger partial charge in [-0.3, -0.25) is 9.59 Å². The van der Waals surface area contributed by atoms with E-state index in [0.29, 0.717) is 43.3 Å². The minimum Gasteiger partial charge on any atom is -0.493 e. The molecule has 2 saturated heterocycles. The van der Waals surface area contributed by atoms with Crippen molar-refractivity contribution in [1.82, 2.24) is 9.80 Å². The average molecular weight is 543 g/mol. The number of rotatable bonds is 9. The molecule has 7 nitrogen and oxygen atoms in total. The fourth-order valence-corrected chi connectivity index (χ4v) is 6.31. The molecule has 5 rings (SSSR count). The van der Waals surface area contributed by atoms with Crippen LogP contribution < -0.4 is 14.2 Å². The molecule has 3 aromatic rings. The predicted octanol–water partition coefficient (Wildman–Crippen LogP) is 4.93. The molecule has 0 saturated carbocycles. The van der Waals surface area contributed by atoms with E-state index in [9.17, 15) is 9.59 Å². The van der Waals surface area contributed by atoms with Crippen LogP contribution in [0.5, 0.6) is 17.2 Å². The van der Waals surface area contributed by atoms with Crippen LogP contribution in [0.1, 0.15) is 41.9 Å². The highest BCUT2D eigenvalue weighted by Gasteiger charge is 2.41. The molecule has 0 spiro atoms. The SMILES string of the molecule is COc1cc(CC(=O)N2CC[C@@H]3[C@@H](CCC(=O)N3CC(c3ccccc3)c3ccccc3)C2)cc(OC)c1OC. The molecule has 7 heteroatoms. The van der Waals surface area contributed by atoms with E-state index in [-0.39, 0.29) is 36.1 Å². The van der Waals surface area contributed by atoms with Crippen LogP contribution in [-0.4, -0.2) is 68.6 Å². The van der Waals surface area contributed by atoms with Gasteiger partial charge >= 0.3 is 0 Å². The number of hydrogen-bond donors (Lipinski definition) is 0. The van der Waals surface area contributed by atoms with Crippen LogP contribution in [0.3, 0.4) is 0 Å². The summed E-state index contributed by atoms with van der Waals surface area (Å²) in [7, 11) is 4.71. The van der Waals surface area contributed by atoms with Crippen LogP contribution in [0.2, 0.25) is 0 Å². The van der Waals surface area contributed by atoms with Gasteiger partial charge in [0.1, 0.15) is 0 Å². The second-order valence-corrected chi connectivity index (χ2v) is 10.6. The highest BCUT2D eigenvalue weighted by Crippen LogP contribution is 2.39. The maximum atomic E-state index is 13.4. The lowest BCUT2D eigenvalue weighted by molar-refractivity contribution is -0.144.